The van der Waals surface area contributed by atoms with Gasteiger partial charge in [0.05, 0.1) is 5.75 Å². The Morgan fingerprint density at radius 2 is 1.96 bits per heavy atom. The molecular formula is C14H15Cl2NO5S. The monoisotopic (exact) mass is 379 g/mol. The molecule has 1 aromatic rings. The molecule has 6 nitrogen and oxygen atoms in total. The molecule has 9 heteroatoms. The van der Waals surface area contributed by atoms with Crippen molar-refractivity contribution in [2.45, 2.75) is 19.4 Å². The van der Waals surface area contributed by atoms with Crippen molar-refractivity contribution in [1.82, 2.24) is 4.31 Å². The van der Waals surface area contributed by atoms with Gasteiger partial charge >= 0.3 is 0 Å². The number of hydrogen-bond acceptors (Lipinski definition) is 5. The Hall–Kier alpha value is -1.44. The topological polar surface area (TPSA) is 83.9 Å². The van der Waals surface area contributed by atoms with Gasteiger partial charge < -0.3 is 9.84 Å². The normalized spacial score (nSPS) is 21.5. The molecule has 0 amide bonds. The molecule has 0 aliphatic carbocycles. The Bertz CT molecular complexity index is 805. The van der Waals surface area contributed by atoms with Crippen LogP contribution in [0.4, 0.5) is 0 Å². The third kappa shape index (κ3) is 2.88. The van der Waals surface area contributed by atoms with Crippen LogP contribution in [0.5, 0.6) is 0 Å². The molecule has 0 radical (unpaired) electrons. The number of hydrogen-bond donors (Lipinski definition) is 1. The van der Waals surface area contributed by atoms with Crippen LogP contribution in [0.25, 0.3) is 0 Å². The zero-order chi connectivity index (χ0) is 17.6. The van der Waals surface area contributed by atoms with E-state index >= 15 is 0 Å². The number of aliphatic hydroxyl groups is 1. The van der Waals surface area contributed by atoms with E-state index in [0.29, 0.717) is 5.02 Å². The number of Topliss-reactive ketones (excluding diaryl/α,β-unsaturated/α-hetero) is 1. The van der Waals surface area contributed by atoms with Crippen LogP contribution in [0.2, 0.25) is 10.0 Å². The SMILES string of the molecule is CCS(=O)(=O)N(C)C1=C(O)C(=O)C(C)(c2cc(Cl)ccc2Cl)O1. The molecule has 1 aliphatic rings. The number of carbonyl (C=O) groups excluding carboxylic acids is 1. The summed E-state index contributed by atoms with van der Waals surface area (Å²) >= 11 is 12.0. The van der Waals surface area contributed by atoms with E-state index in [1.54, 1.807) is 0 Å². The van der Waals surface area contributed by atoms with Gasteiger partial charge in [-0.1, -0.05) is 23.2 Å². The van der Waals surface area contributed by atoms with Gasteiger partial charge in [-0.25, -0.2) is 12.7 Å². The fraction of sp³-hybridized carbons (Fsp3) is 0.357. The van der Waals surface area contributed by atoms with E-state index in [0.717, 1.165) is 4.31 Å². The highest BCUT2D eigenvalue weighted by molar-refractivity contribution is 7.89. The van der Waals surface area contributed by atoms with Crippen molar-refractivity contribution >= 4 is 39.0 Å². The molecule has 126 valence electrons. The molecule has 1 atom stereocenters. The number of carbonyl (C=O) groups is 1. The maximum Gasteiger partial charge on any atom is 0.251 e. The number of aliphatic hydroxyl groups excluding tert-OH is 1. The summed E-state index contributed by atoms with van der Waals surface area (Å²) in [7, 11) is -2.51. The Morgan fingerprint density at radius 3 is 2.52 bits per heavy atom. The number of sulfonamides is 1. The van der Waals surface area contributed by atoms with Crippen LogP contribution in [-0.4, -0.2) is 36.4 Å². The quantitative estimate of drug-likeness (QED) is 0.869. The first kappa shape index (κ1) is 17.9. The van der Waals surface area contributed by atoms with Gasteiger partial charge in [0.2, 0.25) is 21.4 Å². The van der Waals surface area contributed by atoms with Gasteiger partial charge in [0.1, 0.15) is 0 Å². The van der Waals surface area contributed by atoms with E-state index in [-0.39, 0.29) is 16.3 Å². The van der Waals surface area contributed by atoms with Crippen LogP contribution < -0.4 is 0 Å². The molecule has 1 aliphatic heterocycles. The summed E-state index contributed by atoms with van der Waals surface area (Å²) < 4.78 is 30.2. The molecule has 0 bridgehead atoms. The molecule has 23 heavy (non-hydrogen) atoms. The maximum atomic E-state index is 12.5. The van der Waals surface area contributed by atoms with Crippen LogP contribution in [0.1, 0.15) is 19.4 Å². The fourth-order valence-electron chi connectivity index (χ4n) is 2.18. The van der Waals surface area contributed by atoms with E-state index in [9.17, 15) is 18.3 Å². The van der Waals surface area contributed by atoms with Crippen LogP contribution in [0, 0.1) is 0 Å². The minimum atomic E-state index is -3.71. The smallest absolute Gasteiger partial charge is 0.251 e. The molecule has 0 saturated heterocycles. The van der Waals surface area contributed by atoms with Gasteiger partial charge in [0.15, 0.2) is 0 Å². The molecular weight excluding hydrogens is 365 g/mol. The van der Waals surface area contributed by atoms with E-state index in [2.05, 4.69) is 0 Å². The van der Waals surface area contributed by atoms with Gasteiger partial charge in [0, 0.05) is 22.7 Å². The second-order valence-corrected chi connectivity index (χ2v) is 8.24. The van der Waals surface area contributed by atoms with Crippen LogP contribution in [0.15, 0.2) is 29.8 Å². The van der Waals surface area contributed by atoms with Crippen molar-refractivity contribution in [3.8, 4) is 0 Å². The molecule has 0 fully saturated rings. The average Bonchev–Trinajstić information content (AvgIpc) is 2.74. The van der Waals surface area contributed by atoms with Crippen molar-refractivity contribution in [3.05, 3.63) is 45.5 Å². The first-order valence-electron chi connectivity index (χ1n) is 6.63. The van der Waals surface area contributed by atoms with Crippen molar-refractivity contribution in [3.63, 3.8) is 0 Å². The van der Waals surface area contributed by atoms with E-state index in [4.69, 9.17) is 27.9 Å². The van der Waals surface area contributed by atoms with E-state index in [1.807, 2.05) is 0 Å². The van der Waals surface area contributed by atoms with Crippen LogP contribution >= 0.6 is 23.2 Å². The van der Waals surface area contributed by atoms with Gasteiger partial charge in [-0.15, -0.1) is 0 Å². The molecule has 1 unspecified atom stereocenters. The first-order valence-corrected chi connectivity index (χ1v) is 9.00. The van der Waals surface area contributed by atoms with Gasteiger partial charge in [-0.3, -0.25) is 4.79 Å². The lowest BCUT2D eigenvalue weighted by Gasteiger charge is -2.27. The van der Waals surface area contributed by atoms with Crippen LogP contribution in [-0.2, 0) is 25.2 Å². The summed E-state index contributed by atoms with van der Waals surface area (Å²) in [6.07, 6.45) is 0. The predicted octanol–water partition coefficient (Wildman–Crippen LogP) is 2.82. The highest BCUT2D eigenvalue weighted by atomic mass is 35.5. The Kier molecular flexibility index (Phi) is 4.58. The first-order chi connectivity index (χ1) is 10.5. The summed E-state index contributed by atoms with van der Waals surface area (Å²) in [6, 6.07) is 4.47. The fourth-order valence-corrected chi connectivity index (χ4v) is 3.42. The lowest BCUT2D eigenvalue weighted by atomic mass is 9.91. The van der Waals surface area contributed by atoms with Crippen molar-refractivity contribution in [2.24, 2.45) is 0 Å². The largest absolute Gasteiger partial charge is 0.501 e. The van der Waals surface area contributed by atoms with Crippen molar-refractivity contribution in [1.29, 1.82) is 0 Å². The molecule has 0 saturated carbocycles. The molecule has 1 aromatic carbocycles. The second-order valence-electron chi connectivity index (χ2n) is 5.11. The summed E-state index contributed by atoms with van der Waals surface area (Å²) in [5, 5.41) is 10.6. The highest BCUT2D eigenvalue weighted by Crippen LogP contribution is 2.42. The Morgan fingerprint density at radius 1 is 1.35 bits per heavy atom. The third-order valence-corrected chi connectivity index (χ3v) is 5.96. The summed E-state index contributed by atoms with van der Waals surface area (Å²) in [5.74, 6) is -2.22. The summed E-state index contributed by atoms with van der Waals surface area (Å²) in [6.45, 7) is 2.83. The van der Waals surface area contributed by atoms with E-state index < -0.39 is 33.0 Å². The molecule has 1 heterocycles. The number of benzene rings is 1. The third-order valence-electron chi connectivity index (χ3n) is 3.66. The maximum absolute atomic E-state index is 12.5. The number of rotatable bonds is 4. The summed E-state index contributed by atoms with van der Waals surface area (Å²) in [4.78, 5) is 12.5. The standard InChI is InChI=1S/C14H15Cl2NO5S/c1-4-23(20,21)17(3)13-11(18)12(19)14(2,22-13)9-7-8(15)5-6-10(9)16/h5-7,18H,4H2,1-3H3. The number of ether oxygens (including phenoxy) is 1. The van der Waals surface area contributed by atoms with Gasteiger partial charge in [0.25, 0.3) is 11.7 Å². The van der Waals surface area contributed by atoms with Crippen molar-refractivity contribution in [2.75, 3.05) is 12.8 Å². The number of ketones is 1. The highest BCUT2D eigenvalue weighted by Gasteiger charge is 2.51. The zero-order valence-electron chi connectivity index (χ0n) is 12.6. The number of nitrogens with zero attached hydrogens (tertiary/aromatic N) is 1. The minimum absolute atomic E-state index is 0.209. The lowest BCUT2D eigenvalue weighted by Crippen LogP contribution is -2.33. The molecule has 0 aromatic heterocycles. The Balaban J connectivity index is 2.52. The molecule has 0 spiro atoms. The van der Waals surface area contributed by atoms with Crippen LogP contribution in [0.3, 0.4) is 0 Å². The average molecular weight is 380 g/mol. The number of halogens is 2. The van der Waals surface area contributed by atoms with E-state index in [1.165, 1.54) is 39.1 Å². The Labute approximate surface area is 144 Å². The van der Waals surface area contributed by atoms with Gasteiger partial charge in [-0.2, -0.15) is 0 Å². The molecule has 1 N–H and O–H groups in total. The van der Waals surface area contributed by atoms with Crippen molar-refractivity contribution < 1.29 is 23.1 Å². The second kappa shape index (κ2) is 5.89. The predicted molar refractivity (Wildman–Crippen MR) is 86.8 cm³/mol. The summed E-state index contributed by atoms with van der Waals surface area (Å²) in [5.41, 5.74) is -1.43. The lowest BCUT2D eigenvalue weighted by molar-refractivity contribution is -0.132. The zero-order valence-corrected chi connectivity index (χ0v) is 15.0. The van der Waals surface area contributed by atoms with Gasteiger partial charge in [-0.05, 0) is 32.0 Å². The minimum Gasteiger partial charge on any atom is -0.501 e. The molecule has 2 rings (SSSR count).